The van der Waals surface area contributed by atoms with Gasteiger partial charge < -0.3 is 9.80 Å². The number of benzene rings is 1. The second-order valence-electron chi connectivity index (χ2n) is 6.83. The van der Waals surface area contributed by atoms with Crippen LogP contribution in [0.25, 0.3) is 0 Å². The number of carbonyl (C=O) groups is 2. The van der Waals surface area contributed by atoms with E-state index in [0.717, 1.165) is 6.07 Å². The number of hydrogen-bond donors (Lipinski definition) is 0. The predicted octanol–water partition coefficient (Wildman–Crippen LogP) is 3.45. The molecule has 0 aliphatic carbocycles. The summed E-state index contributed by atoms with van der Waals surface area (Å²) in [6.45, 7) is 5.70. The van der Waals surface area contributed by atoms with Gasteiger partial charge in [0.1, 0.15) is 11.9 Å². The van der Waals surface area contributed by atoms with Crippen molar-refractivity contribution in [2.24, 2.45) is 5.92 Å². The van der Waals surface area contributed by atoms with E-state index < -0.39 is 23.6 Å². The van der Waals surface area contributed by atoms with Gasteiger partial charge in [0.05, 0.1) is 12.1 Å². The third-order valence-electron chi connectivity index (χ3n) is 4.38. The zero-order chi connectivity index (χ0) is 19.6. The van der Waals surface area contributed by atoms with Crippen molar-refractivity contribution in [3.05, 3.63) is 35.1 Å². The van der Waals surface area contributed by atoms with Crippen molar-refractivity contribution >= 4 is 11.8 Å². The van der Waals surface area contributed by atoms with Gasteiger partial charge in [-0.3, -0.25) is 9.59 Å². The van der Waals surface area contributed by atoms with Crippen LogP contribution in [-0.2, 0) is 22.3 Å². The highest BCUT2D eigenvalue weighted by atomic mass is 19.4. The number of hydrogen-bond acceptors (Lipinski definition) is 2. The molecule has 0 unspecified atom stereocenters. The molecule has 144 valence electrons. The smallest absolute Gasteiger partial charge is 0.332 e. The summed E-state index contributed by atoms with van der Waals surface area (Å²) in [4.78, 5) is 27.9. The number of nitrogens with zero attached hydrogens (tertiary/aromatic N) is 2. The first kappa shape index (κ1) is 20.2. The molecule has 1 aliphatic heterocycles. The van der Waals surface area contributed by atoms with Gasteiger partial charge in [-0.25, -0.2) is 4.39 Å². The highest BCUT2D eigenvalue weighted by molar-refractivity contribution is 5.94. The molecule has 2 rings (SSSR count). The molecule has 0 spiro atoms. The Hall–Kier alpha value is -2.12. The second-order valence-corrected chi connectivity index (χ2v) is 6.83. The molecule has 2 amide bonds. The Balaban J connectivity index is 2.33. The van der Waals surface area contributed by atoms with E-state index in [-0.39, 0.29) is 36.4 Å². The molecule has 1 aliphatic rings. The molecule has 26 heavy (non-hydrogen) atoms. The Kier molecular flexibility index (Phi) is 5.93. The molecule has 0 radical (unpaired) electrons. The van der Waals surface area contributed by atoms with Gasteiger partial charge in [-0.05, 0) is 37.0 Å². The number of halogens is 4. The molecule has 1 atom stereocenters. The molecule has 0 bridgehead atoms. The van der Waals surface area contributed by atoms with E-state index in [4.69, 9.17) is 0 Å². The van der Waals surface area contributed by atoms with E-state index >= 15 is 0 Å². The number of alkyl halides is 3. The van der Waals surface area contributed by atoms with E-state index in [0.29, 0.717) is 19.0 Å². The van der Waals surface area contributed by atoms with Crippen LogP contribution in [0.15, 0.2) is 18.2 Å². The van der Waals surface area contributed by atoms with Gasteiger partial charge in [0.2, 0.25) is 11.8 Å². The van der Waals surface area contributed by atoms with Crippen molar-refractivity contribution < 1.29 is 27.2 Å². The number of rotatable bonds is 5. The summed E-state index contributed by atoms with van der Waals surface area (Å²) in [6, 6.07) is 1.92. The lowest BCUT2D eigenvalue weighted by Crippen LogP contribution is -2.59. The van der Waals surface area contributed by atoms with Crippen molar-refractivity contribution in [2.45, 2.75) is 46.0 Å². The molecule has 8 heteroatoms. The average molecular weight is 374 g/mol. The van der Waals surface area contributed by atoms with Crippen LogP contribution in [-0.4, -0.2) is 40.7 Å². The van der Waals surface area contributed by atoms with Crippen LogP contribution in [0.3, 0.4) is 0 Å². The minimum atomic E-state index is -4.82. The lowest BCUT2D eigenvalue weighted by Gasteiger charge is -2.40. The van der Waals surface area contributed by atoms with Crippen LogP contribution < -0.4 is 0 Å². The first-order valence-electron chi connectivity index (χ1n) is 8.48. The number of carbonyl (C=O) groups excluding carboxylic acids is 2. The Bertz CT molecular complexity index is 688. The van der Waals surface area contributed by atoms with Crippen molar-refractivity contribution in [3.8, 4) is 0 Å². The van der Waals surface area contributed by atoms with Crippen LogP contribution in [0.5, 0.6) is 0 Å². The van der Waals surface area contributed by atoms with Gasteiger partial charge >= 0.3 is 6.18 Å². The molecule has 0 N–H and O–H groups in total. The minimum Gasteiger partial charge on any atom is -0.332 e. The summed E-state index contributed by atoms with van der Waals surface area (Å²) in [5.74, 6) is -1.78. The summed E-state index contributed by atoms with van der Waals surface area (Å²) in [5.41, 5.74) is -1.24. The van der Waals surface area contributed by atoms with E-state index in [2.05, 4.69) is 0 Å². The largest absolute Gasteiger partial charge is 0.419 e. The maximum atomic E-state index is 13.5. The first-order chi connectivity index (χ1) is 12.0. The molecular weight excluding hydrogens is 352 g/mol. The fraction of sp³-hybridized carbons (Fsp3) is 0.556. The summed E-state index contributed by atoms with van der Waals surface area (Å²) < 4.78 is 52.2. The predicted molar refractivity (Wildman–Crippen MR) is 87.4 cm³/mol. The van der Waals surface area contributed by atoms with Gasteiger partial charge in [-0.1, -0.05) is 19.9 Å². The number of amides is 2. The molecule has 0 saturated carbocycles. The lowest BCUT2D eigenvalue weighted by atomic mass is 9.98. The van der Waals surface area contributed by atoms with Crippen molar-refractivity contribution in [1.29, 1.82) is 0 Å². The fourth-order valence-electron chi connectivity index (χ4n) is 3.08. The number of likely N-dealkylation sites (N-methyl/N-ethyl adjacent to an activating group) is 1. The summed E-state index contributed by atoms with van der Waals surface area (Å²) in [6.07, 6.45) is -4.41. The molecule has 1 heterocycles. The Morgan fingerprint density at radius 3 is 2.42 bits per heavy atom. The maximum Gasteiger partial charge on any atom is 0.419 e. The van der Waals surface area contributed by atoms with Crippen molar-refractivity contribution in [1.82, 2.24) is 9.80 Å². The highest BCUT2D eigenvalue weighted by Gasteiger charge is 2.39. The van der Waals surface area contributed by atoms with Crippen molar-refractivity contribution in [3.63, 3.8) is 0 Å². The minimum absolute atomic E-state index is 0.0999. The lowest BCUT2D eigenvalue weighted by molar-refractivity contribution is -0.157. The average Bonchev–Trinajstić information content (AvgIpc) is 2.54. The van der Waals surface area contributed by atoms with Crippen molar-refractivity contribution in [2.75, 3.05) is 13.1 Å². The van der Waals surface area contributed by atoms with Crippen LogP contribution in [0.2, 0.25) is 0 Å². The summed E-state index contributed by atoms with van der Waals surface area (Å²) in [7, 11) is 0. The van der Waals surface area contributed by atoms with Gasteiger partial charge in [-0.15, -0.1) is 0 Å². The molecule has 1 saturated heterocycles. The van der Waals surface area contributed by atoms with Crippen LogP contribution in [0.1, 0.15) is 38.3 Å². The fourth-order valence-corrected chi connectivity index (χ4v) is 3.08. The normalized spacial score (nSPS) is 18.8. The van der Waals surface area contributed by atoms with Crippen LogP contribution >= 0.6 is 0 Å². The van der Waals surface area contributed by atoms with E-state index in [1.807, 2.05) is 13.8 Å². The number of piperazine rings is 1. The maximum absolute atomic E-state index is 13.5. The quantitative estimate of drug-likeness (QED) is 0.741. The Labute approximate surface area is 149 Å². The first-order valence-corrected chi connectivity index (χ1v) is 8.48. The second kappa shape index (κ2) is 7.63. The highest BCUT2D eigenvalue weighted by Crippen LogP contribution is 2.32. The SMILES string of the molecule is CCN1CC(=O)N(Cc2ccc(F)c(C(F)(F)F)c2)[C@@H](CC(C)C)C1=O. The third-order valence-corrected chi connectivity index (χ3v) is 4.38. The zero-order valence-electron chi connectivity index (χ0n) is 14.9. The van der Waals surface area contributed by atoms with Gasteiger partial charge in [0.25, 0.3) is 0 Å². The van der Waals surface area contributed by atoms with Crippen LogP contribution in [0, 0.1) is 11.7 Å². The molecule has 0 aromatic heterocycles. The third kappa shape index (κ3) is 4.34. The van der Waals surface area contributed by atoms with Gasteiger partial charge in [-0.2, -0.15) is 13.2 Å². The van der Waals surface area contributed by atoms with E-state index in [9.17, 15) is 27.2 Å². The Morgan fingerprint density at radius 2 is 1.88 bits per heavy atom. The van der Waals surface area contributed by atoms with E-state index in [1.165, 1.54) is 15.9 Å². The topological polar surface area (TPSA) is 40.6 Å². The Morgan fingerprint density at radius 1 is 1.23 bits per heavy atom. The van der Waals surface area contributed by atoms with Gasteiger partial charge in [0, 0.05) is 13.1 Å². The molecule has 1 aromatic carbocycles. The van der Waals surface area contributed by atoms with Gasteiger partial charge in [0.15, 0.2) is 0 Å². The van der Waals surface area contributed by atoms with E-state index in [1.54, 1.807) is 6.92 Å². The summed E-state index contributed by atoms with van der Waals surface area (Å²) in [5, 5.41) is 0. The van der Waals surface area contributed by atoms with Crippen LogP contribution in [0.4, 0.5) is 17.6 Å². The summed E-state index contributed by atoms with van der Waals surface area (Å²) >= 11 is 0. The standard InChI is InChI=1S/C18H22F4N2O2/c1-4-23-10-16(25)24(15(17(23)26)7-11(2)3)9-12-5-6-14(19)13(8-12)18(20,21)22/h5-6,8,11,15H,4,7,9-10H2,1-3H3/t15-/m0/s1. The monoisotopic (exact) mass is 374 g/mol. The molecular formula is C18H22F4N2O2. The molecule has 1 aromatic rings. The molecule has 4 nitrogen and oxygen atoms in total. The molecule has 1 fully saturated rings. The zero-order valence-corrected chi connectivity index (χ0v) is 14.9.